The van der Waals surface area contributed by atoms with Crippen molar-refractivity contribution in [3.63, 3.8) is 0 Å². The summed E-state index contributed by atoms with van der Waals surface area (Å²) in [6.07, 6.45) is 0. The van der Waals surface area contributed by atoms with Crippen molar-refractivity contribution >= 4 is 28.6 Å². The lowest BCUT2D eigenvalue weighted by molar-refractivity contribution is 0.0299. The van der Waals surface area contributed by atoms with Crippen LogP contribution in [0.4, 0.5) is 0 Å². The molecule has 18 heavy (non-hydrogen) atoms. The molecule has 0 unspecified atom stereocenters. The molecule has 0 bridgehead atoms. The highest BCUT2D eigenvalue weighted by molar-refractivity contribution is 7.20. The number of amides is 1. The predicted octanol–water partition coefficient (Wildman–Crippen LogP) is 2.34. The standard InChI is InChI=1S/C12H12N2O2S2/c15-12(14-3-5-16-6-4-14)9-8-18-11(13-9)10-2-1-7-17-10/h1-2,7-8H,3-6H2. The van der Waals surface area contributed by atoms with Gasteiger partial charge in [0, 0.05) is 18.5 Å². The number of rotatable bonds is 2. The molecule has 6 heteroatoms. The Labute approximate surface area is 113 Å². The van der Waals surface area contributed by atoms with Crippen molar-refractivity contribution in [2.24, 2.45) is 0 Å². The summed E-state index contributed by atoms with van der Waals surface area (Å²) in [5, 5.41) is 4.77. The van der Waals surface area contributed by atoms with E-state index in [1.807, 2.05) is 22.9 Å². The third-order valence-electron chi connectivity index (χ3n) is 2.75. The summed E-state index contributed by atoms with van der Waals surface area (Å²) < 4.78 is 5.24. The molecule has 0 N–H and O–H groups in total. The van der Waals surface area contributed by atoms with Crippen LogP contribution < -0.4 is 0 Å². The Morgan fingerprint density at radius 1 is 1.33 bits per heavy atom. The molecule has 2 aromatic heterocycles. The first-order valence-electron chi connectivity index (χ1n) is 5.71. The van der Waals surface area contributed by atoms with Crippen LogP contribution in [0.2, 0.25) is 0 Å². The van der Waals surface area contributed by atoms with Crippen molar-refractivity contribution in [3.8, 4) is 9.88 Å². The summed E-state index contributed by atoms with van der Waals surface area (Å²) in [5.74, 6) is 0.0114. The van der Waals surface area contributed by atoms with Crippen molar-refractivity contribution in [3.05, 3.63) is 28.6 Å². The molecule has 4 nitrogen and oxygen atoms in total. The van der Waals surface area contributed by atoms with Gasteiger partial charge in [0.2, 0.25) is 0 Å². The molecule has 0 aromatic carbocycles. The van der Waals surface area contributed by atoms with Gasteiger partial charge in [-0.1, -0.05) is 6.07 Å². The van der Waals surface area contributed by atoms with Gasteiger partial charge in [-0.15, -0.1) is 22.7 Å². The fraction of sp³-hybridized carbons (Fsp3) is 0.333. The number of aromatic nitrogens is 1. The summed E-state index contributed by atoms with van der Waals surface area (Å²) in [6.45, 7) is 2.55. The van der Waals surface area contributed by atoms with Crippen molar-refractivity contribution in [2.45, 2.75) is 0 Å². The van der Waals surface area contributed by atoms with Crippen LogP contribution in [0, 0.1) is 0 Å². The number of carbonyl (C=O) groups excluding carboxylic acids is 1. The van der Waals surface area contributed by atoms with E-state index in [-0.39, 0.29) is 5.91 Å². The lowest BCUT2D eigenvalue weighted by atomic mass is 10.3. The first-order valence-corrected chi connectivity index (χ1v) is 7.47. The molecule has 0 saturated carbocycles. The molecule has 94 valence electrons. The van der Waals surface area contributed by atoms with Crippen LogP contribution in [-0.4, -0.2) is 42.1 Å². The lowest BCUT2D eigenvalue weighted by Crippen LogP contribution is -2.40. The van der Waals surface area contributed by atoms with E-state index in [4.69, 9.17) is 4.74 Å². The van der Waals surface area contributed by atoms with E-state index in [9.17, 15) is 4.79 Å². The van der Waals surface area contributed by atoms with Crippen LogP contribution in [0.25, 0.3) is 9.88 Å². The molecule has 1 saturated heterocycles. The number of morpholine rings is 1. The highest BCUT2D eigenvalue weighted by Crippen LogP contribution is 2.28. The zero-order chi connectivity index (χ0) is 12.4. The summed E-state index contributed by atoms with van der Waals surface area (Å²) in [4.78, 5) is 19.5. The van der Waals surface area contributed by atoms with Gasteiger partial charge in [0.25, 0.3) is 5.91 Å². The molecule has 0 radical (unpaired) electrons. The maximum Gasteiger partial charge on any atom is 0.273 e. The maximum absolute atomic E-state index is 12.2. The Morgan fingerprint density at radius 2 is 2.17 bits per heavy atom. The largest absolute Gasteiger partial charge is 0.378 e. The predicted molar refractivity (Wildman–Crippen MR) is 72.1 cm³/mol. The van der Waals surface area contributed by atoms with Gasteiger partial charge in [-0.05, 0) is 11.4 Å². The van der Waals surface area contributed by atoms with Crippen molar-refractivity contribution in [1.82, 2.24) is 9.88 Å². The van der Waals surface area contributed by atoms with Crippen LogP contribution in [-0.2, 0) is 4.74 Å². The van der Waals surface area contributed by atoms with E-state index in [0.717, 1.165) is 9.88 Å². The molecular formula is C12H12N2O2S2. The molecule has 2 aromatic rings. The van der Waals surface area contributed by atoms with E-state index in [2.05, 4.69) is 4.98 Å². The Balaban J connectivity index is 1.78. The number of hydrogen-bond acceptors (Lipinski definition) is 5. The number of thiophene rings is 1. The number of nitrogens with zero attached hydrogens (tertiary/aromatic N) is 2. The second kappa shape index (κ2) is 5.17. The number of ether oxygens (including phenoxy) is 1. The van der Waals surface area contributed by atoms with Gasteiger partial charge in [0.05, 0.1) is 18.1 Å². The third kappa shape index (κ3) is 2.31. The molecule has 1 fully saturated rings. The zero-order valence-electron chi connectivity index (χ0n) is 9.67. The molecule has 3 rings (SSSR count). The minimum atomic E-state index is 0.0114. The van der Waals surface area contributed by atoms with Crippen LogP contribution >= 0.6 is 22.7 Å². The lowest BCUT2D eigenvalue weighted by Gasteiger charge is -2.25. The molecular weight excluding hydrogens is 268 g/mol. The Hall–Kier alpha value is -1.24. The molecule has 0 atom stereocenters. The smallest absolute Gasteiger partial charge is 0.273 e. The number of carbonyl (C=O) groups is 1. The first kappa shape index (κ1) is 11.8. The minimum Gasteiger partial charge on any atom is -0.378 e. The van der Waals surface area contributed by atoms with Gasteiger partial charge in [-0.2, -0.15) is 0 Å². The minimum absolute atomic E-state index is 0.0114. The average Bonchev–Trinajstić information content (AvgIpc) is 3.09. The van der Waals surface area contributed by atoms with Crippen molar-refractivity contribution < 1.29 is 9.53 Å². The monoisotopic (exact) mass is 280 g/mol. The van der Waals surface area contributed by atoms with Gasteiger partial charge in [-0.25, -0.2) is 4.98 Å². The van der Waals surface area contributed by atoms with Crippen LogP contribution in [0.3, 0.4) is 0 Å². The maximum atomic E-state index is 12.2. The topological polar surface area (TPSA) is 42.4 Å². The van der Waals surface area contributed by atoms with E-state index < -0.39 is 0 Å². The first-order chi connectivity index (χ1) is 8.84. The molecule has 1 aliphatic heterocycles. The molecule has 0 aliphatic carbocycles. The van der Waals surface area contributed by atoms with Crippen LogP contribution in [0.15, 0.2) is 22.9 Å². The second-order valence-electron chi connectivity index (χ2n) is 3.92. The molecule has 3 heterocycles. The summed E-state index contributed by atoms with van der Waals surface area (Å²) in [6, 6.07) is 4.01. The van der Waals surface area contributed by atoms with Gasteiger partial charge in [-0.3, -0.25) is 4.79 Å². The van der Waals surface area contributed by atoms with Crippen LogP contribution in [0.1, 0.15) is 10.5 Å². The van der Waals surface area contributed by atoms with E-state index in [0.29, 0.717) is 32.0 Å². The van der Waals surface area contributed by atoms with E-state index in [1.54, 1.807) is 16.2 Å². The van der Waals surface area contributed by atoms with Gasteiger partial charge in [0.15, 0.2) is 0 Å². The van der Waals surface area contributed by atoms with E-state index >= 15 is 0 Å². The van der Waals surface area contributed by atoms with Crippen molar-refractivity contribution in [1.29, 1.82) is 0 Å². The number of hydrogen-bond donors (Lipinski definition) is 0. The highest BCUT2D eigenvalue weighted by Gasteiger charge is 2.21. The average molecular weight is 280 g/mol. The fourth-order valence-corrected chi connectivity index (χ4v) is 3.42. The SMILES string of the molecule is O=C(c1csc(-c2cccs2)n1)N1CCOCC1. The summed E-state index contributed by atoms with van der Waals surface area (Å²) in [7, 11) is 0. The Bertz CT molecular complexity index is 530. The van der Waals surface area contributed by atoms with Gasteiger partial charge in [0.1, 0.15) is 10.7 Å². The fourth-order valence-electron chi connectivity index (χ4n) is 1.81. The molecule has 1 aliphatic rings. The summed E-state index contributed by atoms with van der Waals surface area (Å²) >= 11 is 3.16. The van der Waals surface area contributed by atoms with E-state index in [1.165, 1.54) is 11.3 Å². The summed E-state index contributed by atoms with van der Waals surface area (Å²) in [5.41, 5.74) is 0.547. The Morgan fingerprint density at radius 3 is 2.89 bits per heavy atom. The number of thiazole rings is 1. The quantitative estimate of drug-likeness (QED) is 0.848. The second-order valence-corrected chi connectivity index (χ2v) is 5.73. The normalized spacial score (nSPS) is 15.9. The van der Waals surface area contributed by atoms with Gasteiger partial charge >= 0.3 is 0 Å². The molecule has 0 spiro atoms. The van der Waals surface area contributed by atoms with Crippen molar-refractivity contribution in [2.75, 3.05) is 26.3 Å². The third-order valence-corrected chi connectivity index (χ3v) is 4.63. The zero-order valence-corrected chi connectivity index (χ0v) is 11.3. The van der Waals surface area contributed by atoms with Crippen LogP contribution in [0.5, 0.6) is 0 Å². The molecule has 1 amide bonds. The highest BCUT2D eigenvalue weighted by atomic mass is 32.1. The van der Waals surface area contributed by atoms with Gasteiger partial charge < -0.3 is 9.64 Å². The Kier molecular flexibility index (Phi) is 3.40.